The van der Waals surface area contributed by atoms with Crippen LogP contribution in [0.25, 0.3) is 0 Å². The highest BCUT2D eigenvalue weighted by Crippen LogP contribution is 2.27. The smallest absolute Gasteiger partial charge is 0.258 e. The van der Waals surface area contributed by atoms with Gasteiger partial charge in [-0.15, -0.1) is 11.8 Å². The predicted octanol–water partition coefficient (Wildman–Crippen LogP) is 7.91. The molecular weight excluding hydrogens is 540 g/mol. The molecule has 0 bridgehead atoms. The van der Waals surface area contributed by atoms with E-state index >= 15 is 0 Å². The van der Waals surface area contributed by atoms with Gasteiger partial charge in [0, 0.05) is 4.90 Å². The van der Waals surface area contributed by atoms with Gasteiger partial charge in [-0.05, 0) is 72.8 Å². The van der Waals surface area contributed by atoms with Crippen molar-refractivity contribution in [3.63, 3.8) is 0 Å². The van der Waals surface area contributed by atoms with Crippen molar-refractivity contribution in [2.75, 3.05) is 26.6 Å². The van der Waals surface area contributed by atoms with Crippen LogP contribution in [-0.2, 0) is 9.59 Å². The summed E-state index contributed by atoms with van der Waals surface area (Å²) in [6.45, 7) is 0. The molecule has 5 aromatic rings. The Balaban J connectivity index is 1.50. The van der Waals surface area contributed by atoms with Gasteiger partial charge in [-0.25, -0.2) is 10.0 Å². The number of nitrogens with zero attached hydrogens (tertiary/aromatic N) is 2. The van der Waals surface area contributed by atoms with Crippen LogP contribution in [0, 0.1) is 5.92 Å². The lowest BCUT2D eigenvalue weighted by Gasteiger charge is -2.32. The van der Waals surface area contributed by atoms with Gasteiger partial charge in [0.1, 0.15) is 5.92 Å². The van der Waals surface area contributed by atoms with E-state index in [0.717, 1.165) is 16.3 Å². The minimum atomic E-state index is -0.992. The minimum absolute atomic E-state index is 0.330. The molecule has 210 valence electrons. The van der Waals surface area contributed by atoms with Crippen LogP contribution in [0.4, 0.5) is 22.7 Å². The van der Waals surface area contributed by atoms with Gasteiger partial charge in [-0.2, -0.15) is 0 Å². The van der Waals surface area contributed by atoms with E-state index in [4.69, 9.17) is 0 Å². The number of nitrogens with one attached hydrogen (secondary N) is 2. The normalized spacial score (nSPS) is 10.6. The fourth-order valence-electron chi connectivity index (χ4n) is 4.41. The number of rotatable bonds is 12. The molecule has 6 nitrogen and oxygen atoms in total. The van der Waals surface area contributed by atoms with E-state index in [9.17, 15) is 9.59 Å². The van der Waals surface area contributed by atoms with Crippen LogP contribution in [0.15, 0.2) is 157 Å². The maximum absolute atomic E-state index is 14.5. The first-order chi connectivity index (χ1) is 20.7. The molecule has 0 heterocycles. The first-order valence-corrected chi connectivity index (χ1v) is 14.8. The summed E-state index contributed by atoms with van der Waals surface area (Å²) in [5, 5.41) is 2.97. The number of amides is 2. The molecule has 0 fully saturated rings. The van der Waals surface area contributed by atoms with Crippen LogP contribution < -0.4 is 20.9 Å². The Morgan fingerprint density at radius 2 is 0.881 bits per heavy atom. The van der Waals surface area contributed by atoms with Crippen molar-refractivity contribution in [2.45, 2.75) is 11.3 Å². The lowest BCUT2D eigenvalue weighted by atomic mass is 10.0. The van der Waals surface area contributed by atoms with Gasteiger partial charge in [-0.1, -0.05) is 91.0 Å². The average molecular weight is 573 g/mol. The molecule has 2 N–H and O–H groups in total. The maximum atomic E-state index is 14.5. The topological polar surface area (TPSA) is 64.7 Å². The molecule has 0 aliphatic heterocycles. The molecule has 0 aliphatic rings. The first kappa shape index (κ1) is 28.5. The van der Waals surface area contributed by atoms with E-state index in [1.165, 1.54) is 10.0 Å². The molecule has 0 spiro atoms. The highest BCUT2D eigenvalue weighted by atomic mass is 32.2. The lowest BCUT2D eigenvalue weighted by Crippen LogP contribution is -2.49. The second-order valence-corrected chi connectivity index (χ2v) is 10.6. The van der Waals surface area contributed by atoms with Crippen LogP contribution in [0.3, 0.4) is 0 Å². The standard InChI is InChI=1S/C35H32N4O2S/c40-34(38(30-20-10-3-11-21-30)36-28-16-6-1-7-17-28)33(26-27-42-32-24-14-5-15-25-32)35(41)39(31-22-12-4-13-23-31)37-29-18-8-2-9-19-29/h1-25,33,36-37H,26-27H2. The third-order valence-electron chi connectivity index (χ3n) is 6.51. The summed E-state index contributed by atoms with van der Waals surface area (Å²) in [7, 11) is 0. The molecule has 0 unspecified atom stereocenters. The van der Waals surface area contributed by atoms with E-state index < -0.39 is 5.92 Å². The van der Waals surface area contributed by atoms with Crippen molar-refractivity contribution >= 4 is 46.3 Å². The largest absolute Gasteiger partial charge is 0.291 e. The molecule has 2 amide bonds. The van der Waals surface area contributed by atoms with Crippen molar-refractivity contribution in [1.29, 1.82) is 0 Å². The highest BCUT2D eigenvalue weighted by Gasteiger charge is 2.36. The summed E-state index contributed by atoms with van der Waals surface area (Å²) in [6.07, 6.45) is 0.330. The quantitative estimate of drug-likeness (QED) is 0.0904. The highest BCUT2D eigenvalue weighted by molar-refractivity contribution is 7.99. The van der Waals surface area contributed by atoms with Gasteiger partial charge in [-0.3, -0.25) is 20.4 Å². The van der Waals surface area contributed by atoms with E-state index in [0.29, 0.717) is 23.5 Å². The van der Waals surface area contributed by atoms with Gasteiger partial charge >= 0.3 is 0 Å². The Morgan fingerprint density at radius 1 is 0.524 bits per heavy atom. The fourth-order valence-corrected chi connectivity index (χ4v) is 5.35. The van der Waals surface area contributed by atoms with Crippen molar-refractivity contribution in [3.05, 3.63) is 152 Å². The van der Waals surface area contributed by atoms with Crippen LogP contribution >= 0.6 is 11.8 Å². The third-order valence-corrected chi connectivity index (χ3v) is 7.56. The molecule has 5 rings (SSSR count). The van der Waals surface area contributed by atoms with Crippen LogP contribution in [0.1, 0.15) is 6.42 Å². The molecule has 5 aromatic carbocycles. The van der Waals surface area contributed by atoms with Crippen molar-refractivity contribution in [3.8, 4) is 0 Å². The Labute approximate surface area is 250 Å². The first-order valence-electron chi connectivity index (χ1n) is 13.8. The SMILES string of the molecule is O=C(C(CCSc1ccccc1)C(=O)N(Nc1ccccc1)c1ccccc1)N(Nc1ccccc1)c1ccccc1. The van der Waals surface area contributed by atoms with Crippen LogP contribution in [0.5, 0.6) is 0 Å². The van der Waals surface area contributed by atoms with Crippen molar-refractivity contribution in [2.24, 2.45) is 5.92 Å². The second-order valence-electron chi connectivity index (χ2n) is 9.48. The van der Waals surface area contributed by atoms with Crippen molar-refractivity contribution < 1.29 is 9.59 Å². The summed E-state index contributed by atoms with van der Waals surface area (Å²) in [5.41, 5.74) is 9.26. The van der Waals surface area contributed by atoms with Gasteiger partial charge < -0.3 is 0 Å². The predicted molar refractivity (Wildman–Crippen MR) is 173 cm³/mol. The number of hydrogen-bond acceptors (Lipinski definition) is 5. The zero-order chi connectivity index (χ0) is 29.0. The second kappa shape index (κ2) is 14.6. The van der Waals surface area contributed by atoms with Gasteiger partial charge in [0.2, 0.25) is 0 Å². The number of hydrazine groups is 2. The Kier molecular flexibility index (Phi) is 9.89. The molecule has 0 aliphatic carbocycles. The number of para-hydroxylation sites is 4. The van der Waals surface area contributed by atoms with E-state index in [1.54, 1.807) is 11.8 Å². The molecule has 0 saturated heterocycles. The number of hydrogen-bond donors (Lipinski definition) is 2. The number of carbonyl (C=O) groups is 2. The number of benzene rings is 5. The molecule has 42 heavy (non-hydrogen) atoms. The maximum Gasteiger partial charge on any atom is 0.258 e. The average Bonchev–Trinajstić information content (AvgIpc) is 3.06. The molecule has 0 atom stereocenters. The zero-order valence-corrected chi connectivity index (χ0v) is 23.9. The molecule has 7 heteroatoms. The summed E-state index contributed by atoms with van der Waals surface area (Å²) in [5.74, 6) is -1.11. The molecule has 0 saturated carbocycles. The Hall–Kier alpha value is -5.01. The van der Waals surface area contributed by atoms with Crippen molar-refractivity contribution in [1.82, 2.24) is 0 Å². The zero-order valence-electron chi connectivity index (χ0n) is 23.0. The number of carbonyl (C=O) groups excluding carboxylic acids is 2. The number of anilines is 4. The van der Waals surface area contributed by atoms with Crippen LogP contribution in [0.2, 0.25) is 0 Å². The summed E-state index contributed by atoms with van der Waals surface area (Å²) in [4.78, 5) is 30.1. The van der Waals surface area contributed by atoms with E-state index in [-0.39, 0.29) is 11.8 Å². The summed E-state index contributed by atoms with van der Waals surface area (Å²) < 4.78 is 0. The monoisotopic (exact) mass is 572 g/mol. The van der Waals surface area contributed by atoms with E-state index in [2.05, 4.69) is 10.9 Å². The Morgan fingerprint density at radius 3 is 1.29 bits per heavy atom. The lowest BCUT2D eigenvalue weighted by molar-refractivity contribution is -0.132. The summed E-state index contributed by atoms with van der Waals surface area (Å²) >= 11 is 1.62. The van der Waals surface area contributed by atoms with Crippen LogP contribution in [-0.4, -0.2) is 17.6 Å². The summed E-state index contributed by atoms with van der Waals surface area (Å²) in [6, 6.07) is 47.7. The fraction of sp³-hybridized carbons (Fsp3) is 0.0857. The van der Waals surface area contributed by atoms with Gasteiger partial charge in [0.05, 0.1) is 22.7 Å². The van der Waals surface area contributed by atoms with Gasteiger partial charge in [0.15, 0.2) is 0 Å². The van der Waals surface area contributed by atoms with E-state index in [1.807, 2.05) is 152 Å². The minimum Gasteiger partial charge on any atom is -0.291 e. The number of thioether (sulfide) groups is 1. The van der Waals surface area contributed by atoms with Gasteiger partial charge in [0.25, 0.3) is 11.8 Å². The molecular formula is C35H32N4O2S. The molecule has 0 aromatic heterocycles. The third kappa shape index (κ3) is 7.59. The Bertz CT molecular complexity index is 1440. The molecule has 0 radical (unpaired) electrons.